The van der Waals surface area contributed by atoms with Gasteiger partial charge in [-0.05, 0) is 62.1 Å². The minimum absolute atomic E-state index is 0.0388. The van der Waals surface area contributed by atoms with Gasteiger partial charge in [-0.25, -0.2) is 4.79 Å². The standard InChI is InChI=1S/C27H26ClNO4/c1-17(2)33-25-10-6-4-7-20(25)18-11-13-19(14-12-18)26(30)29-23(15-16-24(29)27(31)32)21-8-3-5-9-22(21)28/h3-14,17,23-24H,15-16H2,1-2H3,(H,31,32)/t23?,24-/m0/s1. The third-order valence-corrected chi connectivity index (χ3v) is 6.21. The molecule has 3 aromatic rings. The van der Waals surface area contributed by atoms with Gasteiger partial charge in [0.05, 0.1) is 12.1 Å². The molecule has 33 heavy (non-hydrogen) atoms. The number of benzene rings is 3. The summed E-state index contributed by atoms with van der Waals surface area (Å²) in [7, 11) is 0. The molecule has 1 aliphatic heterocycles. The molecular formula is C27H26ClNO4. The van der Waals surface area contributed by atoms with E-state index in [2.05, 4.69) is 0 Å². The lowest BCUT2D eigenvalue weighted by Gasteiger charge is -2.29. The Morgan fingerprint density at radius 3 is 2.30 bits per heavy atom. The molecule has 2 atom stereocenters. The topological polar surface area (TPSA) is 66.8 Å². The van der Waals surface area contributed by atoms with Gasteiger partial charge in [-0.3, -0.25) is 4.79 Å². The fourth-order valence-electron chi connectivity index (χ4n) is 4.39. The van der Waals surface area contributed by atoms with Crippen LogP contribution in [0.2, 0.25) is 5.02 Å². The number of halogens is 1. The predicted molar refractivity (Wildman–Crippen MR) is 129 cm³/mol. The number of carbonyl (C=O) groups excluding carboxylic acids is 1. The van der Waals surface area contributed by atoms with Crippen LogP contribution in [0.25, 0.3) is 11.1 Å². The average Bonchev–Trinajstić information content (AvgIpc) is 3.24. The van der Waals surface area contributed by atoms with Crippen molar-refractivity contribution in [1.82, 2.24) is 4.90 Å². The molecule has 1 fully saturated rings. The first-order valence-corrected chi connectivity index (χ1v) is 11.4. The number of nitrogens with zero attached hydrogens (tertiary/aromatic N) is 1. The fourth-order valence-corrected chi connectivity index (χ4v) is 4.65. The molecule has 0 bridgehead atoms. The maximum absolute atomic E-state index is 13.5. The molecule has 6 heteroatoms. The van der Waals surface area contributed by atoms with Crippen LogP contribution in [0.3, 0.4) is 0 Å². The molecule has 1 heterocycles. The summed E-state index contributed by atoms with van der Waals surface area (Å²) in [5.41, 5.74) is 3.06. The van der Waals surface area contributed by atoms with Crippen molar-refractivity contribution in [1.29, 1.82) is 0 Å². The predicted octanol–water partition coefficient (Wildman–Crippen LogP) is 6.22. The highest BCUT2D eigenvalue weighted by molar-refractivity contribution is 6.31. The number of ether oxygens (including phenoxy) is 1. The van der Waals surface area contributed by atoms with E-state index in [0.29, 0.717) is 23.4 Å². The van der Waals surface area contributed by atoms with E-state index in [4.69, 9.17) is 16.3 Å². The van der Waals surface area contributed by atoms with E-state index in [9.17, 15) is 14.7 Å². The second kappa shape index (κ2) is 9.67. The third kappa shape index (κ3) is 4.74. The normalized spacial score (nSPS) is 17.9. The Balaban J connectivity index is 1.65. The minimum Gasteiger partial charge on any atom is -0.490 e. The van der Waals surface area contributed by atoms with E-state index < -0.39 is 12.0 Å². The summed E-state index contributed by atoms with van der Waals surface area (Å²) in [4.78, 5) is 26.9. The lowest BCUT2D eigenvalue weighted by Crippen LogP contribution is -2.41. The van der Waals surface area contributed by atoms with Gasteiger partial charge in [-0.2, -0.15) is 0 Å². The van der Waals surface area contributed by atoms with Gasteiger partial charge in [-0.1, -0.05) is 60.1 Å². The van der Waals surface area contributed by atoms with Crippen molar-refractivity contribution in [2.24, 2.45) is 0 Å². The van der Waals surface area contributed by atoms with Crippen molar-refractivity contribution < 1.29 is 19.4 Å². The van der Waals surface area contributed by atoms with Crippen LogP contribution in [0.15, 0.2) is 72.8 Å². The minimum atomic E-state index is -1.01. The van der Waals surface area contributed by atoms with Crippen molar-refractivity contribution in [2.45, 2.75) is 44.9 Å². The second-order valence-electron chi connectivity index (χ2n) is 8.42. The van der Waals surface area contributed by atoms with E-state index >= 15 is 0 Å². The Bertz CT molecular complexity index is 1160. The van der Waals surface area contributed by atoms with E-state index in [-0.39, 0.29) is 18.1 Å². The fraction of sp³-hybridized carbons (Fsp3) is 0.259. The van der Waals surface area contributed by atoms with Crippen molar-refractivity contribution in [3.8, 4) is 16.9 Å². The zero-order valence-corrected chi connectivity index (χ0v) is 19.3. The molecule has 0 saturated carbocycles. The van der Waals surface area contributed by atoms with Crippen LogP contribution >= 0.6 is 11.6 Å². The summed E-state index contributed by atoms with van der Waals surface area (Å²) < 4.78 is 5.92. The van der Waals surface area contributed by atoms with Crippen LogP contribution in [0, 0.1) is 0 Å². The van der Waals surface area contributed by atoms with Gasteiger partial charge in [0.1, 0.15) is 11.8 Å². The van der Waals surface area contributed by atoms with Crippen molar-refractivity contribution in [3.05, 3.63) is 88.9 Å². The van der Waals surface area contributed by atoms with Crippen LogP contribution in [0.4, 0.5) is 0 Å². The first kappa shape index (κ1) is 22.9. The first-order chi connectivity index (χ1) is 15.9. The number of carbonyl (C=O) groups is 2. The molecule has 4 rings (SSSR count). The van der Waals surface area contributed by atoms with Gasteiger partial charge in [0.25, 0.3) is 5.91 Å². The monoisotopic (exact) mass is 463 g/mol. The Hall–Kier alpha value is -3.31. The van der Waals surface area contributed by atoms with E-state index in [0.717, 1.165) is 22.4 Å². The summed E-state index contributed by atoms with van der Waals surface area (Å²) in [5.74, 6) is -0.548. The summed E-state index contributed by atoms with van der Waals surface area (Å²) >= 11 is 6.39. The molecule has 1 aliphatic rings. The molecule has 0 aliphatic carbocycles. The zero-order valence-electron chi connectivity index (χ0n) is 18.6. The Morgan fingerprint density at radius 1 is 0.970 bits per heavy atom. The number of likely N-dealkylation sites (tertiary alicyclic amines) is 1. The summed E-state index contributed by atoms with van der Waals surface area (Å²) in [6, 6.07) is 21.0. The zero-order chi connectivity index (χ0) is 23.5. The van der Waals surface area contributed by atoms with Gasteiger partial charge in [0, 0.05) is 16.1 Å². The van der Waals surface area contributed by atoms with Gasteiger partial charge < -0.3 is 14.7 Å². The van der Waals surface area contributed by atoms with Crippen molar-refractivity contribution >= 4 is 23.5 Å². The third-order valence-electron chi connectivity index (χ3n) is 5.86. The lowest BCUT2D eigenvalue weighted by molar-refractivity contribution is -0.141. The molecular weight excluding hydrogens is 438 g/mol. The van der Waals surface area contributed by atoms with Crippen LogP contribution < -0.4 is 4.74 Å². The van der Waals surface area contributed by atoms with Crippen molar-refractivity contribution in [2.75, 3.05) is 0 Å². The highest BCUT2D eigenvalue weighted by atomic mass is 35.5. The van der Waals surface area contributed by atoms with Gasteiger partial charge >= 0.3 is 5.97 Å². The van der Waals surface area contributed by atoms with Crippen LogP contribution in [-0.4, -0.2) is 34.0 Å². The van der Waals surface area contributed by atoms with Gasteiger partial charge in [0.15, 0.2) is 0 Å². The second-order valence-corrected chi connectivity index (χ2v) is 8.83. The summed E-state index contributed by atoms with van der Waals surface area (Å²) in [5, 5.41) is 10.3. The van der Waals surface area contributed by atoms with E-state index in [1.807, 2.05) is 68.4 Å². The molecule has 0 radical (unpaired) electrons. The molecule has 1 saturated heterocycles. The van der Waals surface area contributed by atoms with Crippen LogP contribution in [-0.2, 0) is 4.79 Å². The molecule has 0 spiro atoms. The number of hydrogen-bond acceptors (Lipinski definition) is 3. The van der Waals surface area contributed by atoms with E-state index in [1.165, 1.54) is 4.90 Å². The number of hydrogen-bond donors (Lipinski definition) is 1. The highest BCUT2D eigenvalue weighted by Gasteiger charge is 2.42. The molecule has 0 aromatic heterocycles. The number of carboxylic acids is 1. The SMILES string of the molecule is CC(C)Oc1ccccc1-c1ccc(C(=O)N2C(c3ccccc3Cl)CC[C@H]2C(=O)O)cc1. The van der Waals surface area contributed by atoms with Crippen LogP contribution in [0.1, 0.15) is 48.7 Å². The number of amides is 1. The molecule has 1 amide bonds. The van der Waals surface area contributed by atoms with E-state index in [1.54, 1.807) is 18.2 Å². The average molecular weight is 464 g/mol. The lowest BCUT2D eigenvalue weighted by atomic mass is 10.0. The quantitative estimate of drug-likeness (QED) is 0.471. The smallest absolute Gasteiger partial charge is 0.326 e. The Labute approximate surface area is 198 Å². The first-order valence-electron chi connectivity index (χ1n) is 11.0. The largest absolute Gasteiger partial charge is 0.490 e. The summed E-state index contributed by atoms with van der Waals surface area (Å²) in [6.45, 7) is 3.95. The Morgan fingerprint density at radius 2 is 1.64 bits per heavy atom. The summed E-state index contributed by atoms with van der Waals surface area (Å²) in [6.07, 6.45) is 0.969. The molecule has 1 N–H and O–H groups in total. The maximum Gasteiger partial charge on any atom is 0.326 e. The van der Waals surface area contributed by atoms with Gasteiger partial charge in [-0.15, -0.1) is 0 Å². The van der Waals surface area contributed by atoms with Gasteiger partial charge in [0.2, 0.25) is 0 Å². The number of aliphatic carboxylic acids is 1. The van der Waals surface area contributed by atoms with Crippen molar-refractivity contribution in [3.63, 3.8) is 0 Å². The molecule has 5 nitrogen and oxygen atoms in total. The number of para-hydroxylation sites is 1. The highest BCUT2D eigenvalue weighted by Crippen LogP contribution is 2.40. The number of rotatable bonds is 6. The van der Waals surface area contributed by atoms with Crippen LogP contribution in [0.5, 0.6) is 5.75 Å². The molecule has 3 aromatic carbocycles. The molecule has 170 valence electrons. The Kier molecular flexibility index (Phi) is 6.70. The number of carboxylic acid groups (broad SMARTS) is 1. The molecule has 1 unspecified atom stereocenters. The maximum atomic E-state index is 13.5.